The molecule has 0 aromatic rings. The lowest BCUT2D eigenvalue weighted by molar-refractivity contribution is 0.179. The van der Waals surface area contributed by atoms with E-state index in [9.17, 15) is 0 Å². The van der Waals surface area contributed by atoms with Crippen LogP contribution in [0.2, 0.25) is 0 Å². The van der Waals surface area contributed by atoms with Gasteiger partial charge in [-0.05, 0) is 13.0 Å². The summed E-state index contributed by atoms with van der Waals surface area (Å²) >= 11 is 0. The van der Waals surface area contributed by atoms with Crippen molar-refractivity contribution in [2.24, 2.45) is 10.8 Å². The summed E-state index contributed by atoms with van der Waals surface area (Å²) in [6.07, 6.45) is 1.23. The zero-order valence-corrected chi connectivity index (χ0v) is 9.16. The predicted octanol–water partition coefficient (Wildman–Crippen LogP) is -0.537. The Morgan fingerprint density at radius 3 is 2.43 bits per heavy atom. The summed E-state index contributed by atoms with van der Waals surface area (Å²) in [5.41, 5.74) is 2.63. The summed E-state index contributed by atoms with van der Waals surface area (Å²) in [5.74, 6) is 6.16. The van der Waals surface area contributed by atoms with E-state index in [4.69, 9.17) is 5.84 Å². The zero-order chi connectivity index (χ0) is 10.4. The number of rotatable bonds is 2. The minimum Gasteiger partial charge on any atom is -0.339 e. The second kappa shape index (κ2) is 5.82. The number of nitrogens with two attached hydrogens (primary N) is 1. The molecule has 1 rings (SSSR count). The molecule has 1 heterocycles. The minimum atomic E-state index is 0.793. The maximum absolute atomic E-state index is 5.37. The molecule has 1 fully saturated rings. The Kier molecular flexibility index (Phi) is 4.69. The predicted molar refractivity (Wildman–Crippen MR) is 59.0 cm³/mol. The Balaban J connectivity index is 2.35. The molecule has 0 bridgehead atoms. The van der Waals surface area contributed by atoms with Crippen LogP contribution in [0.15, 0.2) is 4.99 Å². The van der Waals surface area contributed by atoms with Gasteiger partial charge in [0.25, 0.3) is 0 Å². The van der Waals surface area contributed by atoms with Crippen molar-refractivity contribution in [2.75, 3.05) is 39.8 Å². The molecule has 1 aliphatic heterocycles. The average molecular weight is 199 g/mol. The van der Waals surface area contributed by atoms with Gasteiger partial charge < -0.3 is 4.90 Å². The lowest BCUT2D eigenvalue weighted by atomic mass is 10.3. The maximum Gasteiger partial charge on any atom is 0.208 e. The van der Waals surface area contributed by atoms with E-state index in [2.05, 4.69) is 27.1 Å². The van der Waals surface area contributed by atoms with Crippen molar-refractivity contribution in [1.29, 1.82) is 0 Å². The van der Waals surface area contributed by atoms with Crippen LogP contribution in [0.1, 0.15) is 13.3 Å². The fourth-order valence-electron chi connectivity index (χ4n) is 1.80. The van der Waals surface area contributed by atoms with E-state index in [1.807, 2.05) is 0 Å². The van der Waals surface area contributed by atoms with Gasteiger partial charge in [-0.3, -0.25) is 15.3 Å². The normalized spacial score (nSPS) is 19.9. The highest BCUT2D eigenvalue weighted by Crippen LogP contribution is 2.02. The number of hydrogen-bond donors (Lipinski definition) is 2. The van der Waals surface area contributed by atoms with Crippen molar-refractivity contribution in [1.82, 2.24) is 15.2 Å². The molecule has 1 saturated heterocycles. The topological polar surface area (TPSA) is 56.9 Å². The van der Waals surface area contributed by atoms with Crippen LogP contribution in [-0.4, -0.2) is 55.5 Å². The average Bonchev–Trinajstić information content (AvgIpc) is 2.23. The quantitative estimate of drug-likeness (QED) is 0.271. The van der Waals surface area contributed by atoms with Crippen molar-refractivity contribution >= 4 is 5.96 Å². The molecular weight excluding hydrogens is 178 g/mol. The standard InChI is InChI=1S/C9H21N5/c1-3-4-13-5-7-14(8-6-13)9(11-2)12-10/h3-8,10H2,1-2H3,(H,11,12). The summed E-state index contributed by atoms with van der Waals surface area (Å²) in [4.78, 5) is 8.75. The SMILES string of the molecule is CCCN1CCN(C(=NC)NN)CC1. The monoisotopic (exact) mass is 199 g/mol. The van der Waals surface area contributed by atoms with Gasteiger partial charge in [0.2, 0.25) is 5.96 Å². The molecule has 0 unspecified atom stereocenters. The molecule has 0 aliphatic carbocycles. The van der Waals surface area contributed by atoms with E-state index in [0.717, 1.165) is 32.1 Å². The minimum absolute atomic E-state index is 0.793. The van der Waals surface area contributed by atoms with E-state index >= 15 is 0 Å². The summed E-state index contributed by atoms with van der Waals surface area (Å²) in [7, 11) is 1.76. The number of nitrogens with one attached hydrogen (secondary N) is 1. The van der Waals surface area contributed by atoms with Crippen LogP contribution >= 0.6 is 0 Å². The smallest absolute Gasteiger partial charge is 0.208 e. The molecule has 5 heteroatoms. The number of aliphatic imine (C=N–C) groups is 1. The molecule has 1 aliphatic rings. The fraction of sp³-hybridized carbons (Fsp3) is 0.889. The van der Waals surface area contributed by atoms with Crippen molar-refractivity contribution in [2.45, 2.75) is 13.3 Å². The van der Waals surface area contributed by atoms with Gasteiger partial charge in [-0.15, -0.1) is 0 Å². The van der Waals surface area contributed by atoms with Crippen LogP contribution in [0.25, 0.3) is 0 Å². The molecule has 5 nitrogen and oxygen atoms in total. The van der Waals surface area contributed by atoms with Gasteiger partial charge in [0.1, 0.15) is 0 Å². The summed E-state index contributed by atoms with van der Waals surface area (Å²) in [5, 5.41) is 0. The van der Waals surface area contributed by atoms with Crippen LogP contribution in [-0.2, 0) is 0 Å². The van der Waals surface area contributed by atoms with E-state index < -0.39 is 0 Å². The Labute approximate surface area is 85.9 Å². The van der Waals surface area contributed by atoms with Gasteiger partial charge >= 0.3 is 0 Å². The first-order valence-electron chi connectivity index (χ1n) is 5.22. The molecular formula is C9H21N5. The first-order chi connectivity index (χ1) is 6.81. The Morgan fingerprint density at radius 1 is 1.36 bits per heavy atom. The number of hydrazine groups is 1. The van der Waals surface area contributed by atoms with Gasteiger partial charge in [0.15, 0.2) is 0 Å². The van der Waals surface area contributed by atoms with Crippen molar-refractivity contribution in [3.63, 3.8) is 0 Å². The molecule has 0 aromatic heterocycles. The Bertz CT molecular complexity index is 184. The molecule has 0 radical (unpaired) electrons. The van der Waals surface area contributed by atoms with Gasteiger partial charge in [0, 0.05) is 33.2 Å². The lowest BCUT2D eigenvalue weighted by Gasteiger charge is -2.35. The van der Waals surface area contributed by atoms with Crippen LogP contribution in [0.5, 0.6) is 0 Å². The molecule has 82 valence electrons. The Hall–Kier alpha value is -0.810. The number of nitrogens with zero attached hydrogens (tertiary/aromatic N) is 3. The largest absolute Gasteiger partial charge is 0.339 e. The second-order valence-electron chi connectivity index (χ2n) is 3.52. The first kappa shape index (κ1) is 11.3. The van der Waals surface area contributed by atoms with E-state index in [-0.39, 0.29) is 0 Å². The van der Waals surface area contributed by atoms with E-state index in [1.54, 1.807) is 7.05 Å². The Morgan fingerprint density at radius 2 is 2.00 bits per heavy atom. The van der Waals surface area contributed by atoms with Crippen LogP contribution in [0.3, 0.4) is 0 Å². The number of guanidine groups is 1. The molecule has 3 N–H and O–H groups in total. The lowest BCUT2D eigenvalue weighted by Crippen LogP contribution is -2.53. The highest BCUT2D eigenvalue weighted by atomic mass is 15.4. The van der Waals surface area contributed by atoms with Crippen molar-refractivity contribution in [3.05, 3.63) is 0 Å². The summed E-state index contributed by atoms with van der Waals surface area (Å²) in [6, 6.07) is 0. The van der Waals surface area contributed by atoms with Crippen molar-refractivity contribution in [3.8, 4) is 0 Å². The number of piperazine rings is 1. The van der Waals surface area contributed by atoms with E-state index in [0.29, 0.717) is 0 Å². The fourth-order valence-corrected chi connectivity index (χ4v) is 1.80. The van der Waals surface area contributed by atoms with Gasteiger partial charge in [-0.1, -0.05) is 6.92 Å². The van der Waals surface area contributed by atoms with E-state index in [1.165, 1.54) is 13.0 Å². The molecule has 14 heavy (non-hydrogen) atoms. The van der Waals surface area contributed by atoms with Gasteiger partial charge in [-0.25, -0.2) is 5.84 Å². The second-order valence-corrected chi connectivity index (χ2v) is 3.52. The third-order valence-corrected chi connectivity index (χ3v) is 2.55. The molecule has 0 atom stereocenters. The van der Waals surface area contributed by atoms with Crippen LogP contribution in [0.4, 0.5) is 0 Å². The highest BCUT2D eigenvalue weighted by Gasteiger charge is 2.17. The molecule has 0 aromatic carbocycles. The number of hydrogen-bond acceptors (Lipinski definition) is 3. The summed E-state index contributed by atoms with van der Waals surface area (Å²) < 4.78 is 0. The van der Waals surface area contributed by atoms with Gasteiger partial charge in [0.05, 0.1) is 0 Å². The third kappa shape index (κ3) is 2.85. The molecule has 0 saturated carbocycles. The van der Waals surface area contributed by atoms with Crippen LogP contribution in [0, 0.1) is 0 Å². The summed E-state index contributed by atoms with van der Waals surface area (Å²) in [6.45, 7) is 7.64. The first-order valence-corrected chi connectivity index (χ1v) is 5.22. The van der Waals surface area contributed by atoms with Gasteiger partial charge in [-0.2, -0.15) is 0 Å². The van der Waals surface area contributed by atoms with Crippen molar-refractivity contribution < 1.29 is 0 Å². The maximum atomic E-state index is 5.37. The highest BCUT2D eigenvalue weighted by molar-refractivity contribution is 5.79. The zero-order valence-electron chi connectivity index (χ0n) is 9.16. The molecule has 0 spiro atoms. The van der Waals surface area contributed by atoms with Crippen LogP contribution < -0.4 is 11.3 Å². The molecule has 0 amide bonds. The third-order valence-electron chi connectivity index (χ3n) is 2.55.